The van der Waals surface area contributed by atoms with Crippen molar-refractivity contribution in [3.63, 3.8) is 0 Å². The Hall–Kier alpha value is -4.14. The number of hydrogen-bond donors (Lipinski definition) is 0. The molecule has 4 aromatic rings. The van der Waals surface area contributed by atoms with E-state index in [0.717, 1.165) is 50.7 Å². The minimum absolute atomic E-state index is 0.00558. The number of amides is 2. The molecule has 2 aromatic carbocycles. The molecule has 1 fully saturated rings. The number of thiazole rings is 1. The van der Waals surface area contributed by atoms with Gasteiger partial charge in [-0.05, 0) is 81.2 Å². The number of likely N-dealkylation sites (tertiary alicyclic amines) is 1. The van der Waals surface area contributed by atoms with Crippen molar-refractivity contribution in [2.45, 2.75) is 51.7 Å². The Morgan fingerprint density at radius 1 is 0.932 bits per heavy atom. The highest BCUT2D eigenvalue weighted by atomic mass is 32.1. The molecule has 1 saturated heterocycles. The third kappa shape index (κ3) is 7.87. The van der Waals surface area contributed by atoms with E-state index >= 15 is 0 Å². The van der Waals surface area contributed by atoms with E-state index in [1.807, 2.05) is 79.4 Å². The van der Waals surface area contributed by atoms with Crippen molar-refractivity contribution in [2.24, 2.45) is 0 Å². The number of hydrogen-bond acceptors (Lipinski definition) is 6. The molecule has 0 spiro atoms. The molecule has 7 nitrogen and oxygen atoms in total. The summed E-state index contributed by atoms with van der Waals surface area (Å²) in [5, 5.41) is 0.957. The van der Waals surface area contributed by atoms with E-state index in [1.54, 1.807) is 34.7 Å². The van der Waals surface area contributed by atoms with Crippen LogP contribution in [0.3, 0.4) is 0 Å². The first kappa shape index (κ1) is 31.3. The van der Waals surface area contributed by atoms with E-state index in [9.17, 15) is 9.59 Å². The van der Waals surface area contributed by atoms with Crippen molar-refractivity contribution in [3.05, 3.63) is 112 Å². The molecular formula is C36H41N5O2S. The summed E-state index contributed by atoms with van der Waals surface area (Å²) < 4.78 is 0. The summed E-state index contributed by atoms with van der Waals surface area (Å²) in [5.74, 6) is -0.183. The molecule has 2 amide bonds. The van der Waals surface area contributed by atoms with Gasteiger partial charge in [-0.3, -0.25) is 14.6 Å². The minimum Gasteiger partial charge on any atom is -0.341 e. The first-order valence-electron chi connectivity index (χ1n) is 15.2. The summed E-state index contributed by atoms with van der Waals surface area (Å²) in [7, 11) is 4.19. The van der Waals surface area contributed by atoms with Crippen LogP contribution in [0.15, 0.2) is 85.2 Å². The molecule has 5 rings (SSSR count). The highest BCUT2D eigenvalue weighted by molar-refractivity contribution is 7.12. The zero-order valence-corrected chi connectivity index (χ0v) is 26.8. The molecule has 1 unspecified atom stereocenters. The van der Waals surface area contributed by atoms with Gasteiger partial charge in [0.25, 0.3) is 0 Å². The summed E-state index contributed by atoms with van der Waals surface area (Å²) in [5.41, 5.74) is 5.04. The Labute approximate surface area is 264 Å². The molecule has 44 heavy (non-hydrogen) atoms. The SMILES string of the molecule is Cc1nc(C)c(C=CC(=O)N(Cc2ccc(-c3ccncc3)cc2)C(Cc2ccccc2)C(=O)N2CCC(N(C)C)CC2)s1. The second-order valence-corrected chi connectivity index (χ2v) is 12.9. The number of carbonyl (C=O) groups is 2. The number of pyridine rings is 1. The van der Waals surface area contributed by atoms with E-state index in [1.165, 1.54) is 0 Å². The lowest BCUT2D eigenvalue weighted by Gasteiger charge is -2.39. The van der Waals surface area contributed by atoms with Crippen LogP contribution >= 0.6 is 11.3 Å². The van der Waals surface area contributed by atoms with Crippen molar-refractivity contribution in [3.8, 4) is 11.1 Å². The molecule has 0 N–H and O–H groups in total. The van der Waals surface area contributed by atoms with Crippen LogP contribution in [0.25, 0.3) is 17.2 Å². The lowest BCUT2D eigenvalue weighted by molar-refractivity contribution is -0.145. The van der Waals surface area contributed by atoms with Crippen LogP contribution in [-0.2, 0) is 22.6 Å². The third-order valence-electron chi connectivity index (χ3n) is 8.36. The molecule has 1 aliphatic heterocycles. The van der Waals surface area contributed by atoms with Gasteiger partial charge in [0.05, 0.1) is 15.6 Å². The number of piperidine rings is 1. The molecule has 2 aromatic heterocycles. The fourth-order valence-corrected chi connectivity index (χ4v) is 6.64. The van der Waals surface area contributed by atoms with Gasteiger partial charge in [0, 0.05) is 50.6 Å². The van der Waals surface area contributed by atoms with Crippen LogP contribution in [0.1, 0.15) is 39.5 Å². The van der Waals surface area contributed by atoms with E-state index in [2.05, 4.69) is 41.1 Å². The maximum absolute atomic E-state index is 14.4. The number of nitrogens with zero attached hydrogens (tertiary/aromatic N) is 5. The maximum atomic E-state index is 14.4. The van der Waals surface area contributed by atoms with Crippen LogP contribution in [0.2, 0.25) is 0 Å². The fourth-order valence-electron chi connectivity index (χ4n) is 5.81. The average molecular weight is 608 g/mol. The molecule has 228 valence electrons. The average Bonchev–Trinajstić information content (AvgIpc) is 3.38. The van der Waals surface area contributed by atoms with Crippen molar-refractivity contribution in [1.82, 2.24) is 24.7 Å². The third-order valence-corrected chi connectivity index (χ3v) is 9.40. The zero-order valence-electron chi connectivity index (χ0n) is 26.0. The normalized spacial score (nSPS) is 14.7. The van der Waals surface area contributed by atoms with E-state index in [4.69, 9.17) is 0 Å². The van der Waals surface area contributed by atoms with Gasteiger partial charge >= 0.3 is 0 Å². The van der Waals surface area contributed by atoms with Gasteiger partial charge in [-0.15, -0.1) is 11.3 Å². The minimum atomic E-state index is -0.644. The second kappa shape index (κ2) is 14.6. The van der Waals surface area contributed by atoms with Gasteiger partial charge in [-0.25, -0.2) is 4.98 Å². The van der Waals surface area contributed by atoms with E-state index in [0.29, 0.717) is 32.1 Å². The molecule has 1 aliphatic rings. The zero-order chi connectivity index (χ0) is 31.1. The quantitative estimate of drug-likeness (QED) is 0.206. The first-order chi connectivity index (χ1) is 21.3. The Morgan fingerprint density at radius 3 is 2.20 bits per heavy atom. The van der Waals surface area contributed by atoms with Crippen molar-refractivity contribution < 1.29 is 9.59 Å². The summed E-state index contributed by atoms with van der Waals surface area (Å²) in [6.45, 7) is 5.61. The predicted octanol–water partition coefficient (Wildman–Crippen LogP) is 6.03. The molecular weight excluding hydrogens is 566 g/mol. The van der Waals surface area contributed by atoms with Crippen LogP contribution in [-0.4, -0.2) is 75.8 Å². The molecule has 0 bridgehead atoms. The van der Waals surface area contributed by atoms with Crippen LogP contribution in [0.5, 0.6) is 0 Å². The Kier molecular flexibility index (Phi) is 10.4. The van der Waals surface area contributed by atoms with Crippen molar-refractivity contribution in [2.75, 3.05) is 27.2 Å². The Balaban J connectivity index is 1.47. The Bertz CT molecular complexity index is 1560. The maximum Gasteiger partial charge on any atom is 0.247 e. The van der Waals surface area contributed by atoms with Gasteiger partial charge in [-0.2, -0.15) is 0 Å². The fraction of sp³-hybridized carbons (Fsp3) is 0.333. The molecule has 0 saturated carbocycles. The number of carbonyl (C=O) groups excluding carboxylic acids is 2. The topological polar surface area (TPSA) is 69.6 Å². The molecule has 3 heterocycles. The lowest BCUT2D eigenvalue weighted by Crippen LogP contribution is -2.54. The predicted molar refractivity (Wildman–Crippen MR) is 178 cm³/mol. The number of rotatable bonds is 10. The van der Waals surface area contributed by atoms with Crippen LogP contribution in [0.4, 0.5) is 0 Å². The summed E-state index contributed by atoms with van der Waals surface area (Å²) in [6.07, 6.45) is 9.30. The molecule has 0 aliphatic carbocycles. The number of aryl methyl sites for hydroxylation is 2. The van der Waals surface area contributed by atoms with Crippen LogP contribution < -0.4 is 0 Å². The van der Waals surface area contributed by atoms with Gasteiger partial charge in [-0.1, -0.05) is 54.6 Å². The van der Waals surface area contributed by atoms with Gasteiger partial charge < -0.3 is 14.7 Å². The first-order valence-corrected chi connectivity index (χ1v) is 16.0. The number of benzene rings is 2. The molecule has 1 atom stereocenters. The summed E-state index contributed by atoms with van der Waals surface area (Å²) >= 11 is 1.56. The van der Waals surface area contributed by atoms with Gasteiger partial charge in [0.2, 0.25) is 11.8 Å². The number of aromatic nitrogens is 2. The van der Waals surface area contributed by atoms with E-state index in [-0.39, 0.29) is 11.8 Å². The highest BCUT2D eigenvalue weighted by Gasteiger charge is 2.34. The second-order valence-electron chi connectivity index (χ2n) is 11.6. The largest absolute Gasteiger partial charge is 0.341 e. The standard InChI is InChI=1S/C36H41N5O2S/c1-26-34(44-27(2)38-26)14-15-35(42)41(25-29-10-12-30(13-11-29)31-16-20-37-21-17-31)33(24-28-8-6-5-7-9-28)36(43)40-22-18-32(19-23-40)39(3)4/h5-17,20-21,32-33H,18-19,22-25H2,1-4H3. The van der Waals surface area contributed by atoms with Gasteiger partial charge in [0.1, 0.15) is 6.04 Å². The summed E-state index contributed by atoms with van der Waals surface area (Å²) in [6, 6.07) is 22.0. The van der Waals surface area contributed by atoms with Crippen molar-refractivity contribution in [1.29, 1.82) is 0 Å². The van der Waals surface area contributed by atoms with Gasteiger partial charge in [0.15, 0.2) is 0 Å². The van der Waals surface area contributed by atoms with Crippen molar-refractivity contribution >= 4 is 29.2 Å². The smallest absolute Gasteiger partial charge is 0.247 e. The van der Waals surface area contributed by atoms with Crippen LogP contribution in [0, 0.1) is 13.8 Å². The van der Waals surface area contributed by atoms with E-state index < -0.39 is 6.04 Å². The molecule has 0 radical (unpaired) electrons. The molecule has 8 heteroatoms. The lowest BCUT2D eigenvalue weighted by atomic mass is 9.98. The summed E-state index contributed by atoms with van der Waals surface area (Å²) in [4.78, 5) is 44.0. The Morgan fingerprint density at radius 2 is 1.59 bits per heavy atom. The highest BCUT2D eigenvalue weighted by Crippen LogP contribution is 2.24. The monoisotopic (exact) mass is 607 g/mol.